The van der Waals surface area contributed by atoms with Gasteiger partial charge in [0.2, 0.25) is 5.91 Å². The van der Waals surface area contributed by atoms with Crippen molar-refractivity contribution in [3.05, 3.63) is 70.4 Å². The predicted octanol–water partition coefficient (Wildman–Crippen LogP) is 6.15. The Morgan fingerprint density at radius 1 is 1.04 bits per heavy atom. The summed E-state index contributed by atoms with van der Waals surface area (Å²) in [6, 6.07) is 12.4. The minimum atomic E-state index is -4.44. The van der Waals surface area contributed by atoms with E-state index in [1.165, 1.54) is 29.5 Å². The van der Waals surface area contributed by atoms with Gasteiger partial charge in [0.05, 0.1) is 5.56 Å². The summed E-state index contributed by atoms with van der Waals surface area (Å²) in [4.78, 5) is 15.1. The van der Waals surface area contributed by atoms with Crippen LogP contribution in [0.2, 0.25) is 0 Å². The van der Waals surface area contributed by atoms with Crippen LogP contribution in [0.3, 0.4) is 0 Å². The molecule has 0 aliphatic carbocycles. The molecule has 2 nitrogen and oxygen atoms in total. The molecule has 0 aliphatic rings. The third-order valence-electron chi connectivity index (χ3n) is 3.25. The third-order valence-corrected chi connectivity index (χ3v) is 5.36. The molecule has 1 aromatic carbocycles. The van der Waals surface area contributed by atoms with Crippen LogP contribution in [0.5, 0.6) is 0 Å². The zero-order valence-electron chi connectivity index (χ0n) is 12.7. The monoisotopic (exact) mass is 379 g/mol. The molecule has 0 fully saturated rings. The van der Waals surface area contributed by atoms with Crippen LogP contribution in [0.4, 0.5) is 18.9 Å². The van der Waals surface area contributed by atoms with Gasteiger partial charge in [-0.05, 0) is 47.9 Å². The zero-order valence-corrected chi connectivity index (χ0v) is 14.3. The lowest BCUT2D eigenvalue weighted by atomic mass is 10.2. The Labute approximate surface area is 150 Å². The van der Waals surface area contributed by atoms with Crippen LogP contribution in [-0.2, 0) is 11.0 Å². The summed E-state index contributed by atoms with van der Waals surface area (Å²) in [6.45, 7) is 0. The minimum Gasteiger partial charge on any atom is -0.322 e. The number of hydrogen-bond donors (Lipinski definition) is 1. The quantitative estimate of drug-likeness (QED) is 0.542. The molecule has 0 spiro atoms. The minimum absolute atomic E-state index is 0.106. The van der Waals surface area contributed by atoms with E-state index in [-0.39, 0.29) is 5.69 Å². The van der Waals surface area contributed by atoms with Gasteiger partial charge in [-0.2, -0.15) is 13.2 Å². The standard InChI is InChI=1S/C18H12F3NOS2/c19-18(20,21)12-3-1-4-13(11-12)22-17(23)9-7-14-6-8-16(25-14)15-5-2-10-24-15/h1-11H,(H,22,23). The first-order valence-corrected chi connectivity index (χ1v) is 8.91. The molecule has 128 valence electrons. The van der Waals surface area contributed by atoms with Gasteiger partial charge >= 0.3 is 6.18 Å². The molecule has 25 heavy (non-hydrogen) atoms. The van der Waals surface area contributed by atoms with Crippen LogP contribution in [0.25, 0.3) is 15.8 Å². The summed E-state index contributed by atoms with van der Waals surface area (Å²) in [5.41, 5.74) is -0.692. The summed E-state index contributed by atoms with van der Waals surface area (Å²) in [7, 11) is 0. The van der Waals surface area contributed by atoms with Gasteiger partial charge < -0.3 is 5.32 Å². The number of hydrogen-bond acceptors (Lipinski definition) is 3. The molecule has 0 atom stereocenters. The van der Waals surface area contributed by atoms with Gasteiger partial charge in [-0.25, -0.2) is 0 Å². The van der Waals surface area contributed by atoms with Crippen LogP contribution in [-0.4, -0.2) is 5.91 Å². The van der Waals surface area contributed by atoms with E-state index in [1.807, 2.05) is 29.6 Å². The number of carbonyl (C=O) groups excluding carboxylic acids is 1. The van der Waals surface area contributed by atoms with Gasteiger partial charge in [-0.1, -0.05) is 12.1 Å². The van der Waals surface area contributed by atoms with E-state index in [2.05, 4.69) is 5.32 Å². The summed E-state index contributed by atoms with van der Waals surface area (Å²) in [5, 5.41) is 4.43. The average molecular weight is 379 g/mol. The van der Waals surface area contributed by atoms with Crippen molar-refractivity contribution in [1.82, 2.24) is 0 Å². The molecule has 0 unspecified atom stereocenters. The van der Waals surface area contributed by atoms with Crippen molar-refractivity contribution in [2.45, 2.75) is 6.18 Å². The Kier molecular flexibility index (Phi) is 5.06. The Morgan fingerprint density at radius 3 is 2.60 bits per heavy atom. The molecular weight excluding hydrogens is 367 g/mol. The van der Waals surface area contributed by atoms with Crippen molar-refractivity contribution in [1.29, 1.82) is 0 Å². The van der Waals surface area contributed by atoms with Gasteiger partial charge in [0.25, 0.3) is 0 Å². The summed E-state index contributed by atoms with van der Waals surface area (Å²) in [6.07, 6.45) is -1.49. The topological polar surface area (TPSA) is 29.1 Å². The average Bonchev–Trinajstić information content (AvgIpc) is 3.24. The van der Waals surface area contributed by atoms with E-state index in [4.69, 9.17) is 0 Å². The maximum atomic E-state index is 12.7. The van der Waals surface area contributed by atoms with Gasteiger partial charge in [-0.3, -0.25) is 4.79 Å². The van der Waals surface area contributed by atoms with Crippen molar-refractivity contribution in [3.8, 4) is 9.75 Å². The van der Waals surface area contributed by atoms with Gasteiger partial charge in [-0.15, -0.1) is 22.7 Å². The lowest BCUT2D eigenvalue weighted by Gasteiger charge is -2.08. The molecular formula is C18H12F3NOS2. The summed E-state index contributed by atoms with van der Waals surface area (Å²) < 4.78 is 38.0. The number of alkyl halides is 3. The number of thiophene rings is 2. The number of benzene rings is 1. The van der Waals surface area contributed by atoms with Gasteiger partial charge in [0.1, 0.15) is 0 Å². The lowest BCUT2D eigenvalue weighted by Crippen LogP contribution is -2.10. The van der Waals surface area contributed by atoms with Crippen LogP contribution in [0.1, 0.15) is 10.4 Å². The van der Waals surface area contributed by atoms with E-state index in [0.29, 0.717) is 0 Å². The van der Waals surface area contributed by atoms with Crippen molar-refractivity contribution in [2.75, 3.05) is 5.32 Å². The SMILES string of the molecule is O=C(C=Cc1ccc(-c2cccs2)s1)Nc1cccc(C(F)(F)F)c1. The first-order valence-electron chi connectivity index (χ1n) is 7.22. The summed E-state index contributed by atoms with van der Waals surface area (Å²) >= 11 is 3.17. The second-order valence-corrected chi connectivity index (χ2v) is 7.14. The molecule has 3 aromatic rings. The smallest absolute Gasteiger partial charge is 0.322 e. The number of nitrogens with one attached hydrogen (secondary N) is 1. The summed E-state index contributed by atoms with van der Waals surface area (Å²) in [5.74, 6) is -0.481. The Morgan fingerprint density at radius 2 is 1.88 bits per heavy atom. The largest absolute Gasteiger partial charge is 0.416 e. The molecule has 0 saturated heterocycles. The molecule has 0 bridgehead atoms. The first kappa shape index (κ1) is 17.4. The van der Waals surface area contributed by atoms with Gasteiger partial charge in [0, 0.05) is 26.4 Å². The predicted molar refractivity (Wildman–Crippen MR) is 96.7 cm³/mol. The van der Waals surface area contributed by atoms with Crippen molar-refractivity contribution < 1.29 is 18.0 Å². The second-order valence-electron chi connectivity index (χ2n) is 5.08. The number of rotatable bonds is 4. The highest BCUT2D eigenvalue weighted by Gasteiger charge is 2.30. The normalized spacial score (nSPS) is 11.8. The van der Waals surface area contributed by atoms with E-state index < -0.39 is 17.6 Å². The van der Waals surface area contributed by atoms with Gasteiger partial charge in [0.15, 0.2) is 0 Å². The third kappa shape index (κ3) is 4.58. The highest BCUT2D eigenvalue weighted by Crippen LogP contribution is 2.32. The molecule has 7 heteroatoms. The Hall–Kier alpha value is -2.38. The molecule has 1 amide bonds. The molecule has 1 N–H and O–H groups in total. The maximum absolute atomic E-state index is 12.7. The molecule has 0 radical (unpaired) electrons. The van der Waals surface area contributed by atoms with Crippen molar-refractivity contribution in [3.63, 3.8) is 0 Å². The van der Waals surface area contributed by atoms with E-state index in [0.717, 1.165) is 26.8 Å². The maximum Gasteiger partial charge on any atom is 0.416 e. The molecule has 0 aliphatic heterocycles. The Balaban J connectivity index is 1.66. The molecule has 3 rings (SSSR count). The number of amides is 1. The highest BCUT2D eigenvalue weighted by molar-refractivity contribution is 7.21. The second kappa shape index (κ2) is 7.25. The fraction of sp³-hybridized carbons (Fsp3) is 0.0556. The van der Waals surface area contributed by atoms with Crippen molar-refractivity contribution in [2.24, 2.45) is 0 Å². The van der Waals surface area contributed by atoms with Crippen LogP contribution in [0, 0.1) is 0 Å². The van der Waals surface area contributed by atoms with Crippen molar-refractivity contribution >= 4 is 40.3 Å². The van der Waals surface area contributed by atoms with E-state index in [9.17, 15) is 18.0 Å². The van der Waals surface area contributed by atoms with E-state index >= 15 is 0 Å². The number of anilines is 1. The molecule has 2 heterocycles. The fourth-order valence-corrected chi connectivity index (χ4v) is 3.85. The Bertz CT molecular complexity index is 895. The lowest BCUT2D eigenvalue weighted by molar-refractivity contribution is -0.137. The first-order chi connectivity index (χ1) is 11.9. The number of halogens is 3. The highest BCUT2D eigenvalue weighted by atomic mass is 32.1. The van der Waals surface area contributed by atoms with E-state index in [1.54, 1.807) is 17.4 Å². The number of carbonyl (C=O) groups is 1. The molecule has 0 saturated carbocycles. The molecule has 2 aromatic heterocycles. The fourth-order valence-electron chi connectivity index (χ4n) is 2.11. The van der Waals surface area contributed by atoms with Crippen LogP contribution in [0.15, 0.2) is 60.0 Å². The zero-order chi connectivity index (χ0) is 17.9. The van der Waals surface area contributed by atoms with Crippen LogP contribution < -0.4 is 5.32 Å². The van der Waals surface area contributed by atoms with Crippen LogP contribution >= 0.6 is 22.7 Å².